The third-order valence-corrected chi connectivity index (χ3v) is 1.10. The van der Waals surface area contributed by atoms with Crippen molar-refractivity contribution in [1.29, 1.82) is 0 Å². The largest absolute Gasteiger partial charge is 0.403 e. The van der Waals surface area contributed by atoms with Crippen LogP contribution in [0.2, 0.25) is 12.1 Å². The Morgan fingerprint density at radius 2 is 2.22 bits per heavy atom. The minimum Gasteiger partial charge on any atom is -0.403 e. The molecule has 0 fully saturated rings. The van der Waals surface area contributed by atoms with E-state index >= 15 is 0 Å². The SMILES string of the molecule is C=C(N)CC[B]C(C)C. The number of rotatable bonds is 4. The highest BCUT2D eigenvalue weighted by atomic mass is 14.5. The van der Waals surface area contributed by atoms with Crippen molar-refractivity contribution < 1.29 is 0 Å². The number of hydrogen-bond donors (Lipinski definition) is 1. The topological polar surface area (TPSA) is 26.0 Å². The Morgan fingerprint density at radius 1 is 1.67 bits per heavy atom. The average Bonchev–Trinajstić information content (AvgIpc) is 1.63. The summed E-state index contributed by atoms with van der Waals surface area (Å²) in [4.78, 5) is 0. The van der Waals surface area contributed by atoms with Gasteiger partial charge in [-0.2, -0.15) is 0 Å². The first kappa shape index (κ1) is 8.60. The van der Waals surface area contributed by atoms with Gasteiger partial charge in [-0.15, -0.1) is 0 Å². The van der Waals surface area contributed by atoms with Gasteiger partial charge in [-0.1, -0.05) is 32.6 Å². The predicted octanol–water partition coefficient (Wildman–Crippen LogP) is 1.80. The fourth-order valence-electron chi connectivity index (χ4n) is 0.602. The summed E-state index contributed by atoms with van der Waals surface area (Å²) in [5, 5.41) is 0. The summed E-state index contributed by atoms with van der Waals surface area (Å²) in [6.07, 6.45) is 1.99. The zero-order valence-corrected chi connectivity index (χ0v) is 6.35. The average molecular weight is 124 g/mol. The standard InChI is InChI=1S/C7H15BN/c1-6(2)8-5-4-7(3)9/h6H,3-5,9H2,1-2H3. The molecule has 0 rings (SSSR count). The molecule has 0 aliphatic carbocycles. The maximum Gasteiger partial charge on any atom is 0.113 e. The summed E-state index contributed by atoms with van der Waals surface area (Å²) in [5.41, 5.74) is 6.15. The molecule has 0 atom stereocenters. The zero-order chi connectivity index (χ0) is 7.28. The van der Waals surface area contributed by atoms with Crippen LogP contribution in [0, 0.1) is 0 Å². The van der Waals surface area contributed by atoms with Gasteiger partial charge in [0.15, 0.2) is 0 Å². The first-order chi connectivity index (χ1) is 4.13. The van der Waals surface area contributed by atoms with Crippen LogP contribution in [0.25, 0.3) is 0 Å². The Morgan fingerprint density at radius 3 is 2.56 bits per heavy atom. The van der Waals surface area contributed by atoms with Crippen LogP contribution in [0.5, 0.6) is 0 Å². The van der Waals surface area contributed by atoms with E-state index in [0.717, 1.165) is 18.4 Å². The van der Waals surface area contributed by atoms with Crippen LogP contribution < -0.4 is 5.73 Å². The molecule has 1 nitrogen and oxygen atoms in total. The minimum atomic E-state index is 0.671. The second-order valence-corrected chi connectivity index (χ2v) is 2.68. The van der Waals surface area contributed by atoms with Gasteiger partial charge in [0.1, 0.15) is 7.28 Å². The van der Waals surface area contributed by atoms with Crippen LogP contribution in [0.1, 0.15) is 20.3 Å². The lowest BCUT2D eigenvalue weighted by atomic mass is 9.63. The smallest absolute Gasteiger partial charge is 0.113 e. The predicted molar refractivity (Wildman–Crippen MR) is 43.6 cm³/mol. The molecule has 0 unspecified atom stereocenters. The van der Waals surface area contributed by atoms with Crippen molar-refractivity contribution in [2.45, 2.75) is 32.4 Å². The highest BCUT2D eigenvalue weighted by Gasteiger charge is 1.95. The highest BCUT2D eigenvalue weighted by molar-refractivity contribution is 6.37. The Labute approximate surface area is 58.6 Å². The first-order valence-electron chi connectivity index (χ1n) is 3.39. The van der Waals surface area contributed by atoms with Crippen molar-refractivity contribution in [3.8, 4) is 0 Å². The maximum absolute atomic E-state index is 5.36. The Hall–Kier alpha value is -0.395. The van der Waals surface area contributed by atoms with Crippen molar-refractivity contribution in [2.24, 2.45) is 5.73 Å². The lowest BCUT2D eigenvalue weighted by molar-refractivity contribution is 1.00. The zero-order valence-electron chi connectivity index (χ0n) is 6.35. The van der Waals surface area contributed by atoms with E-state index in [2.05, 4.69) is 27.7 Å². The van der Waals surface area contributed by atoms with E-state index in [1.165, 1.54) is 0 Å². The van der Waals surface area contributed by atoms with Crippen LogP contribution in [0.3, 0.4) is 0 Å². The second kappa shape index (κ2) is 4.48. The first-order valence-corrected chi connectivity index (χ1v) is 3.39. The number of nitrogens with two attached hydrogens (primary N) is 1. The molecule has 0 saturated carbocycles. The Balaban J connectivity index is 3.01. The fourth-order valence-corrected chi connectivity index (χ4v) is 0.602. The van der Waals surface area contributed by atoms with E-state index in [1.807, 2.05) is 0 Å². The van der Waals surface area contributed by atoms with E-state index < -0.39 is 0 Å². The van der Waals surface area contributed by atoms with Gasteiger partial charge in [0.2, 0.25) is 0 Å². The monoisotopic (exact) mass is 124 g/mol. The second-order valence-electron chi connectivity index (χ2n) is 2.68. The summed E-state index contributed by atoms with van der Waals surface area (Å²) >= 11 is 0. The van der Waals surface area contributed by atoms with Gasteiger partial charge >= 0.3 is 0 Å². The van der Waals surface area contributed by atoms with Crippen molar-refractivity contribution in [2.75, 3.05) is 0 Å². The summed E-state index contributed by atoms with van der Waals surface area (Å²) in [7, 11) is 2.25. The van der Waals surface area contributed by atoms with Gasteiger partial charge in [-0.25, -0.2) is 0 Å². The molecule has 0 aromatic heterocycles. The lowest BCUT2D eigenvalue weighted by Crippen LogP contribution is -1.99. The van der Waals surface area contributed by atoms with Crippen LogP contribution in [-0.4, -0.2) is 7.28 Å². The molecule has 0 spiro atoms. The molecule has 0 aliphatic heterocycles. The quantitative estimate of drug-likeness (QED) is 0.568. The molecule has 9 heavy (non-hydrogen) atoms. The number of allylic oxidation sites excluding steroid dienone is 1. The molecule has 2 heteroatoms. The Kier molecular flexibility index (Phi) is 4.28. The van der Waals surface area contributed by atoms with Crippen molar-refractivity contribution in [1.82, 2.24) is 0 Å². The maximum atomic E-state index is 5.36. The van der Waals surface area contributed by atoms with Gasteiger partial charge in [0.05, 0.1) is 0 Å². The third kappa shape index (κ3) is 7.60. The van der Waals surface area contributed by atoms with Crippen LogP contribution in [0.15, 0.2) is 12.3 Å². The van der Waals surface area contributed by atoms with E-state index in [-0.39, 0.29) is 0 Å². The summed E-state index contributed by atoms with van der Waals surface area (Å²) in [6.45, 7) is 7.94. The molecule has 2 N–H and O–H groups in total. The molecule has 0 amide bonds. The van der Waals surface area contributed by atoms with E-state index in [9.17, 15) is 0 Å². The van der Waals surface area contributed by atoms with Crippen molar-refractivity contribution in [3.05, 3.63) is 12.3 Å². The molecule has 51 valence electrons. The van der Waals surface area contributed by atoms with Gasteiger partial charge in [-0.05, 0) is 6.42 Å². The Bertz CT molecular complexity index is 88.9. The molecule has 0 aromatic rings. The molecule has 0 saturated heterocycles. The van der Waals surface area contributed by atoms with Crippen molar-refractivity contribution in [3.63, 3.8) is 0 Å². The van der Waals surface area contributed by atoms with Gasteiger partial charge in [-0.3, -0.25) is 0 Å². The highest BCUT2D eigenvalue weighted by Crippen LogP contribution is 2.04. The van der Waals surface area contributed by atoms with Gasteiger partial charge in [0, 0.05) is 5.70 Å². The summed E-state index contributed by atoms with van der Waals surface area (Å²) < 4.78 is 0. The van der Waals surface area contributed by atoms with Crippen LogP contribution >= 0.6 is 0 Å². The summed E-state index contributed by atoms with van der Waals surface area (Å²) in [5.74, 6) is 0.671. The normalized spacial score (nSPS) is 9.67. The molecular weight excluding hydrogens is 109 g/mol. The van der Waals surface area contributed by atoms with Crippen LogP contribution in [0.4, 0.5) is 0 Å². The van der Waals surface area contributed by atoms with Crippen LogP contribution in [-0.2, 0) is 0 Å². The summed E-state index contributed by atoms with van der Waals surface area (Å²) in [6, 6.07) is 0. The molecule has 0 aliphatic rings. The molecular formula is C7H15BN. The van der Waals surface area contributed by atoms with Gasteiger partial charge < -0.3 is 5.73 Å². The lowest BCUT2D eigenvalue weighted by Gasteiger charge is -2.00. The minimum absolute atomic E-state index is 0.671. The molecule has 0 heterocycles. The van der Waals surface area contributed by atoms with E-state index in [1.54, 1.807) is 0 Å². The fraction of sp³-hybridized carbons (Fsp3) is 0.714. The van der Waals surface area contributed by atoms with E-state index in [4.69, 9.17) is 5.73 Å². The van der Waals surface area contributed by atoms with E-state index in [0.29, 0.717) is 5.82 Å². The molecule has 1 radical (unpaired) electrons. The van der Waals surface area contributed by atoms with Gasteiger partial charge in [0.25, 0.3) is 0 Å². The molecule has 0 aromatic carbocycles. The third-order valence-electron chi connectivity index (χ3n) is 1.10. The molecule has 0 bridgehead atoms. The van der Waals surface area contributed by atoms with Crippen molar-refractivity contribution >= 4 is 7.28 Å². The number of hydrogen-bond acceptors (Lipinski definition) is 1.